The highest BCUT2D eigenvalue weighted by atomic mass is 19.4. The predicted molar refractivity (Wildman–Crippen MR) is 107 cm³/mol. The van der Waals surface area contributed by atoms with E-state index in [1.54, 1.807) is 30.3 Å². The molecular weight excluding hydrogens is 413 g/mol. The van der Waals surface area contributed by atoms with Gasteiger partial charge in [0.05, 0.1) is 36.7 Å². The van der Waals surface area contributed by atoms with Gasteiger partial charge in [-0.15, -0.1) is 0 Å². The smallest absolute Gasteiger partial charge is 0.418 e. The van der Waals surface area contributed by atoms with E-state index in [1.165, 1.54) is 36.5 Å². The average molecular weight is 432 g/mol. The summed E-state index contributed by atoms with van der Waals surface area (Å²) >= 11 is 0. The van der Waals surface area contributed by atoms with Gasteiger partial charge in [-0.25, -0.2) is 0 Å². The van der Waals surface area contributed by atoms with E-state index < -0.39 is 30.1 Å². The van der Waals surface area contributed by atoms with Crippen molar-refractivity contribution in [2.24, 2.45) is 0 Å². The minimum Gasteiger partial charge on any atom is -0.496 e. The molecule has 31 heavy (non-hydrogen) atoms. The first-order chi connectivity index (χ1) is 14.8. The Morgan fingerprint density at radius 1 is 1.03 bits per heavy atom. The Kier molecular flexibility index (Phi) is 6.64. The molecule has 0 saturated heterocycles. The fourth-order valence-corrected chi connectivity index (χ4v) is 2.98. The summed E-state index contributed by atoms with van der Waals surface area (Å²) in [7, 11) is 1.41. The molecule has 2 aromatic carbocycles. The molecule has 1 aromatic heterocycles. The molecule has 0 bridgehead atoms. The lowest BCUT2D eigenvalue weighted by atomic mass is 10.1. The molecule has 3 aromatic rings. The molecule has 0 aliphatic carbocycles. The van der Waals surface area contributed by atoms with Crippen LogP contribution in [0.1, 0.15) is 21.7 Å². The van der Waals surface area contributed by atoms with Gasteiger partial charge in [-0.2, -0.15) is 13.2 Å². The number of halogens is 3. The number of carbonyl (C=O) groups excluding carboxylic acids is 2. The second-order valence-electron chi connectivity index (χ2n) is 6.53. The summed E-state index contributed by atoms with van der Waals surface area (Å²) in [6, 6.07) is 14.3. The SMILES string of the molecule is COc1ccccc1C(=O)N(CC(=O)Nc1ccccc1C(F)(F)F)Cc1ccco1. The number of nitrogens with zero attached hydrogens (tertiary/aromatic N) is 1. The Bertz CT molecular complexity index is 1050. The van der Waals surface area contributed by atoms with Gasteiger partial charge in [-0.1, -0.05) is 24.3 Å². The number of carbonyl (C=O) groups is 2. The zero-order valence-corrected chi connectivity index (χ0v) is 16.5. The third-order valence-electron chi connectivity index (χ3n) is 4.39. The number of para-hydroxylation sites is 2. The van der Waals surface area contributed by atoms with Crippen LogP contribution >= 0.6 is 0 Å². The quantitative estimate of drug-likeness (QED) is 0.593. The van der Waals surface area contributed by atoms with Gasteiger partial charge in [0, 0.05) is 0 Å². The lowest BCUT2D eigenvalue weighted by Gasteiger charge is -2.23. The largest absolute Gasteiger partial charge is 0.496 e. The van der Waals surface area contributed by atoms with Crippen molar-refractivity contribution < 1.29 is 31.9 Å². The van der Waals surface area contributed by atoms with Gasteiger partial charge in [0.15, 0.2) is 0 Å². The Hall–Kier alpha value is -3.75. The highest BCUT2D eigenvalue weighted by molar-refractivity contribution is 6.01. The zero-order valence-electron chi connectivity index (χ0n) is 16.5. The molecule has 3 rings (SSSR count). The number of rotatable bonds is 7. The van der Waals surface area contributed by atoms with E-state index >= 15 is 0 Å². The number of hydrogen-bond donors (Lipinski definition) is 1. The first-order valence-electron chi connectivity index (χ1n) is 9.20. The van der Waals surface area contributed by atoms with Crippen LogP contribution < -0.4 is 10.1 Å². The lowest BCUT2D eigenvalue weighted by molar-refractivity contribution is -0.137. The number of nitrogens with one attached hydrogen (secondary N) is 1. The van der Waals surface area contributed by atoms with E-state index in [2.05, 4.69) is 5.32 Å². The van der Waals surface area contributed by atoms with E-state index in [0.717, 1.165) is 12.1 Å². The molecule has 0 aliphatic heterocycles. The minimum absolute atomic E-state index is 0.0573. The van der Waals surface area contributed by atoms with Crippen LogP contribution in [0.25, 0.3) is 0 Å². The van der Waals surface area contributed by atoms with Gasteiger partial charge in [-0.05, 0) is 36.4 Å². The number of ether oxygens (including phenoxy) is 1. The minimum atomic E-state index is -4.63. The van der Waals surface area contributed by atoms with Crippen LogP contribution in [0, 0.1) is 0 Å². The number of benzene rings is 2. The summed E-state index contributed by atoms with van der Waals surface area (Å²) in [5.41, 5.74) is -1.15. The molecule has 1 heterocycles. The fraction of sp³-hybridized carbons (Fsp3) is 0.182. The first-order valence-corrected chi connectivity index (χ1v) is 9.20. The topological polar surface area (TPSA) is 71.8 Å². The lowest BCUT2D eigenvalue weighted by Crippen LogP contribution is -2.38. The predicted octanol–water partition coefficient (Wildman–Crippen LogP) is 4.59. The monoisotopic (exact) mass is 432 g/mol. The maximum absolute atomic E-state index is 13.2. The number of hydrogen-bond acceptors (Lipinski definition) is 4. The van der Waals surface area contributed by atoms with Crippen LogP contribution in [0.2, 0.25) is 0 Å². The molecule has 0 atom stereocenters. The van der Waals surface area contributed by atoms with Crippen LogP contribution in [0.3, 0.4) is 0 Å². The summed E-state index contributed by atoms with van der Waals surface area (Å²) in [5.74, 6) is -0.605. The maximum atomic E-state index is 13.2. The Balaban J connectivity index is 1.84. The summed E-state index contributed by atoms with van der Waals surface area (Å²) < 4.78 is 50.1. The second-order valence-corrected chi connectivity index (χ2v) is 6.53. The van der Waals surface area contributed by atoms with Crippen molar-refractivity contribution in [2.45, 2.75) is 12.7 Å². The van der Waals surface area contributed by atoms with Crippen molar-refractivity contribution in [3.8, 4) is 5.75 Å². The molecule has 0 saturated carbocycles. The molecule has 0 radical (unpaired) electrons. The highest BCUT2D eigenvalue weighted by Crippen LogP contribution is 2.34. The van der Waals surface area contributed by atoms with E-state index in [9.17, 15) is 22.8 Å². The molecule has 6 nitrogen and oxygen atoms in total. The van der Waals surface area contributed by atoms with E-state index in [1.807, 2.05) is 0 Å². The van der Waals surface area contributed by atoms with Gasteiger partial charge in [0.1, 0.15) is 18.1 Å². The van der Waals surface area contributed by atoms with E-state index in [-0.39, 0.29) is 17.8 Å². The Morgan fingerprint density at radius 3 is 2.42 bits per heavy atom. The van der Waals surface area contributed by atoms with Crippen molar-refractivity contribution in [3.63, 3.8) is 0 Å². The third kappa shape index (κ3) is 5.44. The molecular formula is C22H19F3N2O4. The molecule has 0 fully saturated rings. The van der Waals surface area contributed by atoms with Crippen molar-refractivity contribution in [3.05, 3.63) is 83.8 Å². The average Bonchev–Trinajstić information content (AvgIpc) is 3.25. The van der Waals surface area contributed by atoms with Crippen molar-refractivity contribution >= 4 is 17.5 Å². The number of furan rings is 1. The Morgan fingerprint density at radius 2 is 1.74 bits per heavy atom. The molecule has 1 N–H and O–H groups in total. The molecule has 0 unspecified atom stereocenters. The van der Waals surface area contributed by atoms with E-state index in [4.69, 9.17) is 9.15 Å². The van der Waals surface area contributed by atoms with Crippen molar-refractivity contribution in [1.82, 2.24) is 4.90 Å². The van der Waals surface area contributed by atoms with Crippen LogP contribution in [0.15, 0.2) is 71.3 Å². The number of amides is 2. The molecule has 2 amide bonds. The second kappa shape index (κ2) is 9.38. The zero-order chi connectivity index (χ0) is 22.4. The number of methoxy groups -OCH3 is 1. The van der Waals surface area contributed by atoms with Crippen molar-refractivity contribution in [2.75, 3.05) is 19.0 Å². The van der Waals surface area contributed by atoms with Crippen LogP contribution in [-0.2, 0) is 17.5 Å². The summed E-state index contributed by atoms with van der Waals surface area (Å²) in [4.78, 5) is 26.9. The van der Waals surface area contributed by atoms with Gasteiger partial charge in [0.2, 0.25) is 5.91 Å². The molecule has 162 valence electrons. The first kappa shape index (κ1) is 21.9. The summed E-state index contributed by atoms with van der Waals surface area (Å²) in [6.45, 7) is -0.554. The number of alkyl halides is 3. The van der Waals surface area contributed by atoms with E-state index in [0.29, 0.717) is 11.5 Å². The molecule has 0 spiro atoms. The number of anilines is 1. The van der Waals surface area contributed by atoms with Gasteiger partial charge in [0.25, 0.3) is 5.91 Å². The van der Waals surface area contributed by atoms with Crippen LogP contribution in [0.4, 0.5) is 18.9 Å². The van der Waals surface area contributed by atoms with Gasteiger partial charge < -0.3 is 19.4 Å². The summed E-state index contributed by atoms with van der Waals surface area (Å²) in [6.07, 6.45) is -3.22. The molecule has 0 aliphatic rings. The Labute approximate surface area is 176 Å². The van der Waals surface area contributed by atoms with Crippen LogP contribution in [-0.4, -0.2) is 30.4 Å². The third-order valence-corrected chi connectivity index (χ3v) is 4.39. The van der Waals surface area contributed by atoms with Crippen LogP contribution in [0.5, 0.6) is 5.75 Å². The van der Waals surface area contributed by atoms with Crippen molar-refractivity contribution in [1.29, 1.82) is 0 Å². The van der Waals surface area contributed by atoms with Gasteiger partial charge in [-0.3, -0.25) is 9.59 Å². The fourth-order valence-electron chi connectivity index (χ4n) is 2.98. The summed E-state index contributed by atoms with van der Waals surface area (Å²) in [5, 5.41) is 2.25. The maximum Gasteiger partial charge on any atom is 0.418 e. The standard InChI is InChI=1S/C22H19F3N2O4/c1-30-19-11-5-2-8-16(19)21(29)27(13-15-7-6-12-31-15)14-20(28)26-18-10-4-3-9-17(18)22(23,24)25/h2-12H,13-14H2,1H3,(H,26,28). The molecule has 9 heteroatoms. The normalized spacial score (nSPS) is 11.1. The van der Waals surface area contributed by atoms with Gasteiger partial charge >= 0.3 is 6.18 Å². The highest BCUT2D eigenvalue weighted by Gasteiger charge is 2.34.